The van der Waals surface area contributed by atoms with Gasteiger partial charge in [-0.1, -0.05) is 55.5 Å². The van der Waals surface area contributed by atoms with Crippen molar-refractivity contribution in [2.24, 2.45) is 0 Å². The van der Waals surface area contributed by atoms with Gasteiger partial charge >= 0.3 is 5.97 Å². The highest BCUT2D eigenvalue weighted by molar-refractivity contribution is 5.69. The molecule has 4 heteroatoms. The van der Waals surface area contributed by atoms with Crippen molar-refractivity contribution in [2.45, 2.75) is 39.2 Å². The third-order valence-electron chi connectivity index (χ3n) is 4.77. The molecule has 0 spiro atoms. The number of nitrogens with one attached hydrogen (secondary N) is 1. The zero-order chi connectivity index (χ0) is 18.4. The maximum absolute atomic E-state index is 12.1. The molecule has 2 aromatic carbocycles. The van der Waals surface area contributed by atoms with Crippen molar-refractivity contribution < 1.29 is 9.53 Å². The van der Waals surface area contributed by atoms with E-state index < -0.39 is 0 Å². The molecule has 1 unspecified atom stereocenters. The Balaban J connectivity index is 1.59. The molecule has 134 valence electrons. The lowest BCUT2D eigenvalue weighted by atomic mass is 9.91. The van der Waals surface area contributed by atoms with Crippen LogP contribution in [0.5, 0.6) is 0 Å². The molecule has 3 rings (SSSR count). The second-order valence-corrected chi connectivity index (χ2v) is 6.49. The first-order valence-electron chi connectivity index (χ1n) is 8.91. The number of hydrogen-bond acceptors (Lipinski definition) is 3. The third-order valence-corrected chi connectivity index (χ3v) is 4.77. The number of rotatable bonds is 7. The number of nitrogens with zero attached hydrogens (tertiary/aromatic N) is 1. The molecule has 1 heterocycles. The zero-order valence-corrected chi connectivity index (χ0v) is 15.2. The summed E-state index contributed by atoms with van der Waals surface area (Å²) in [6, 6.07) is 16.1. The molecule has 0 radical (unpaired) electrons. The van der Waals surface area contributed by atoms with Gasteiger partial charge < -0.3 is 9.72 Å². The van der Waals surface area contributed by atoms with Crippen molar-refractivity contribution in [1.29, 1.82) is 0 Å². The first kappa shape index (κ1) is 17.9. The minimum Gasteiger partial charge on any atom is -0.461 e. The number of esters is 1. The fraction of sp³-hybridized carbons (Fsp3) is 0.273. The molecule has 0 amide bonds. The summed E-state index contributed by atoms with van der Waals surface area (Å²) in [5, 5.41) is 0. The number of hydrogen-bond donors (Lipinski definition) is 1. The summed E-state index contributed by atoms with van der Waals surface area (Å²) < 4.78 is 5.50. The second-order valence-electron chi connectivity index (χ2n) is 6.49. The van der Waals surface area contributed by atoms with Crippen LogP contribution in [-0.4, -0.2) is 15.9 Å². The topological polar surface area (TPSA) is 55.0 Å². The lowest BCUT2D eigenvalue weighted by Gasteiger charge is -2.16. The quantitative estimate of drug-likeness (QED) is 0.638. The maximum Gasteiger partial charge on any atom is 0.306 e. The van der Waals surface area contributed by atoms with E-state index in [-0.39, 0.29) is 11.9 Å². The second kappa shape index (κ2) is 8.48. The molecule has 1 N–H and O–H groups in total. The SMILES string of the molecule is Cc1c(COC(=O)CCc2ccccc2)cccc1C(C)c1c[nH]cn1. The van der Waals surface area contributed by atoms with Gasteiger partial charge in [-0.15, -0.1) is 0 Å². The molecule has 1 aromatic heterocycles. The minimum absolute atomic E-state index is 0.168. The fourth-order valence-corrected chi connectivity index (χ4v) is 3.12. The van der Waals surface area contributed by atoms with E-state index in [4.69, 9.17) is 4.74 Å². The summed E-state index contributed by atoms with van der Waals surface area (Å²) in [5.41, 5.74) is 5.55. The third kappa shape index (κ3) is 4.39. The van der Waals surface area contributed by atoms with E-state index in [0.29, 0.717) is 19.4 Å². The summed E-state index contributed by atoms with van der Waals surface area (Å²) in [4.78, 5) is 19.4. The number of aromatic amines is 1. The number of carbonyl (C=O) groups is 1. The molecular weight excluding hydrogens is 324 g/mol. The van der Waals surface area contributed by atoms with Gasteiger partial charge in [0, 0.05) is 18.5 Å². The minimum atomic E-state index is -0.168. The van der Waals surface area contributed by atoms with Crippen LogP contribution in [0.15, 0.2) is 61.1 Å². The largest absolute Gasteiger partial charge is 0.461 e. The van der Waals surface area contributed by atoms with Crippen molar-refractivity contribution in [3.8, 4) is 0 Å². The number of carbonyl (C=O) groups excluding carboxylic acids is 1. The van der Waals surface area contributed by atoms with Gasteiger partial charge in [-0.25, -0.2) is 4.98 Å². The Kier molecular flexibility index (Phi) is 5.84. The van der Waals surface area contributed by atoms with Gasteiger partial charge in [0.25, 0.3) is 0 Å². The Morgan fingerprint density at radius 2 is 1.96 bits per heavy atom. The molecule has 0 saturated heterocycles. The summed E-state index contributed by atoms with van der Waals surface area (Å²) in [6.45, 7) is 4.51. The zero-order valence-electron chi connectivity index (χ0n) is 15.2. The molecular formula is C22H24N2O2. The Labute approximate surface area is 154 Å². The normalized spacial score (nSPS) is 11.9. The highest BCUT2D eigenvalue weighted by Gasteiger charge is 2.15. The molecule has 0 aliphatic rings. The maximum atomic E-state index is 12.1. The van der Waals surface area contributed by atoms with Gasteiger partial charge in [0.1, 0.15) is 6.61 Å². The number of benzene rings is 2. The number of aryl methyl sites for hydroxylation is 1. The van der Waals surface area contributed by atoms with Crippen molar-refractivity contribution >= 4 is 5.97 Å². The smallest absolute Gasteiger partial charge is 0.306 e. The lowest BCUT2D eigenvalue weighted by Crippen LogP contribution is -2.08. The molecule has 0 fully saturated rings. The Morgan fingerprint density at radius 1 is 1.15 bits per heavy atom. The predicted molar refractivity (Wildman–Crippen MR) is 102 cm³/mol. The first-order valence-corrected chi connectivity index (χ1v) is 8.91. The van der Waals surface area contributed by atoms with Crippen LogP contribution in [0, 0.1) is 6.92 Å². The molecule has 26 heavy (non-hydrogen) atoms. The van der Waals surface area contributed by atoms with Crippen LogP contribution in [-0.2, 0) is 22.6 Å². The van der Waals surface area contributed by atoms with Gasteiger partial charge in [0.15, 0.2) is 0 Å². The summed E-state index contributed by atoms with van der Waals surface area (Å²) in [5.74, 6) is 0.0222. The Hall–Kier alpha value is -2.88. The number of imidazole rings is 1. The van der Waals surface area contributed by atoms with E-state index in [1.807, 2.05) is 48.7 Å². The van der Waals surface area contributed by atoms with Gasteiger partial charge in [-0.2, -0.15) is 0 Å². The standard InChI is InChI=1S/C22H24N2O2/c1-16-19(9-6-10-20(16)17(2)21-13-23-15-24-21)14-26-22(25)12-11-18-7-4-3-5-8-18/h3-10,13,15,17H,11-12,14H2,1-2H3,(H,23,24). The lowest BCUT2D eigenvalue weighted by molar-refractivity contribution is -0.144. The predicted octanol–water partition coefficient (Wildman–Crippen LogP) is 4.55. The van der Waals surface area contributed by atoms with Crippen molar-refractivity contribution in [3.63, 3.8) is 0 Å². The van der Waals surface area contributed by atoms with E-state index in [0.717, 1.165) is 22.4 Å². The Bertz CT molecular complexity index is 842. The van der Waals surface area contributed by atoms with E-state index in [1.54, 1.807) is 6.33 Å². The van der Waals surface area contributed by atoms with Crippen LogP contribution in [0.2, 0.25) is 0 Å². The molecule has 4 nitrogen and oxygen atoms in total. The molecule has 3 aromatic rings. The van der Waals surface area contributed by atoms with E-state index in [2.05, 4.69) is 29.9 Å². The fourth-order valence-electron chi connectivity index (χ4n) is 3.12. The summed E-state index contributed by atoms with van der Waals surface area (Å²) in [6.07, 6.45) is 4.71. The van der Waals surface area contributed by atoms with Crippen molar-refractivity contribution in [1.82, 2.24) is 9.97 Å². The van der Waals surface area contributed by atoms with Crippen LogP contribution in [0.4, 0.5) is 0 Å². The molecule has 1 atom stereocenters. The van der Waals surface area contributed by atoms with Crippen molar-refractivity contribution in [2.75, 3.05) is 0 Å². The summed E-state index contributed by atoms with van der Waals surface area (Å²) >= 11 is 0. The van der Waals surface area contributed by atoms with Crippen LogP contribution < -0.4 is 0 Å². The van der Waals surface area contributed by atoms with E-state index >= 15 is 0 Å². The number of ether oxygens (including phenoxy) is 1. The van der Waals surface area contributed by atoms with Crippen LogP contribution in [0.3, 0.4) is 0 Å². The average Bonchev–Trinajstić information content (AvgIpc) is 3.20. The summed E-state index contributed by atoms with van der Waals surface area (Å²) in [7, 11) is 0. The van der Waals surface area contributed by atoms with Crippen LogP contribution >= 0.6 is 0 Å². The Morgan fingerprint density at radius 3 is 2.69 bits per heavy atom. The molecule has 0 bridgehead atoms. The highest BCUT2D eigenvalue weighted by atomic mass is 16.5. The van der Waals surface area contributed by atoms with Crippen molar-refractivity contribution in [3.05, 3.63) is 89.0 Å². The first-order chi connectivity index (χ1) is 12.6. The van der Waals surface area contributed by atoms with E-state index in [9.17, 15) is 4.79 Å². The van der Waals surface area contributed by atoms with Crippen LogP contribution in [0.1, 0.15) is 47.2 Å². The highest BCUT2D eigenvalue weighted by Crippen LogP contribution is 2.27. The average molecular weight is 348 g/mol. The van der Waals surface area contributed by atoms with E-state index in [1.165, 1.54) is 5.56 Å². The monoisotopic (exact) mass is 348 g/mol. The molecule has 0 aliphatic heterocycles. The molecule has 0 saturated carbocycles. The van der Waals surface area contributed by atoms with Crippen LogP contribution in [0.25, 0.3) is 0 Å². The van der Waals surface area contributed by atoms with Gasteiger partial charge in [-0.05, 0) is 35.6 Å². The van der Waals surface area contributed by atoms with Gasteiger partial charge in [-0.3, -0.25) is 4.79 Å². The molecule has 0 aliphatic carbocycles. The van der Waals surface area contributed by atoms with Gasteiger partial charge in [0.2, 0.25) is 0 Å². The van der Waals surface area contributed by atoms with Gasteiger partial charge in [0.05, 0.1) is 12.0 Å². The number of aromatic nitrogens is 2. The number of H-pyrrole nitrogens is 1.